The third-order valence-electron chi connectivity index (χ3n) is 2.51. The molecule has 94 valence electrons. The zero-order valence-corrected chi connectivity index (χ0v) is 13.5. The summed E-state index contributed by atoms with van der Waals surface area (Å²) in [5.41, 5.74) is 0. The monoisotopic (exact) mass is 268 g/mol. The van der Waals surface area contributed by atoms with Gasteiger partial charge in [0, 0.05) is 10.5 Å². The molecular weight excluding hydrogens is 240 g/mol. The van der Waals surface area contributed by atoms with Crippen molar-refractivity contribution in [1.82, 2.24) is 0 Å². The van der Waals surface area contributed by atoms with Crippen LogP contribution in [0.5, 0.6) is 0 Å². The van der Waals surface area contributed by atoms with Gasteiger partial charge in [-0.05, 0) is 18.6 Å². The lowest BCUT2D eigenvalue weighted by Gasteiger charge is -2.45. The van der Waals surface area contributed by atoms with E-state index in [1.165, 1.54) is 37.2 Å². The Morgan fingerprint density at radius 2 is 1.60 bits per heavy atom. The summed E-state index contributed by atoms with van der Waals surface area (Å²) in [5, 5.41) is 0. The molecule has 0 bridgehead atoms. The summed E-state index contributed by atoms with van der Waals surface area (Å²) < 4.78 is 0.365. The molecule has 0 aliphatic rings. The molecule has 0 fully saturated rings. The average Bonchev–Trinajstić information content (AvgIpc) is 2.13. The first-order chi connectivity index (χ1) is 6.87. The molecule has 0 nitrogen and oxygen atoms in total. The smallest absolute Gasteiger partial charge is 0.00867 e. The Balaban J connectivity index is 4.28. The minimum absolute atomic E-state index is 0.365. The van der Waals surface area contributed by atoms with Crippen LogP contribution in [0.25, 0.3) is 0 Å². The number of hydrogen-bond donors (Lipinski definition) is 1. The van der Waals surface area contributed by atoms with Crippen molar-refractivity contribution in [2.45, 2.75) is 65.0 Å². The van der Waals surface area contributed by atoms with Gasteiger partial charge in [0.2, 0.25) is 0 Å². The van der Waals surface area contributed by atoms with E-state index < -0.39 is 8.09 Å². The first-order valence-electron chi connectivity index (χ1n) is 6.04. The van der Waals surface area contributed by atoms with Crippen LogP contribution in [0, 0.1) is 0 Å². The molecule has 0 aromatic carbocycles. The maximum absolute atomic E-state index is 5.05. The number of rotatable bonds is 7. The van der Waals surface area contributed by atoms with E-state index in [4.69, 9.17) is 11.7 Å². The molecule has 0 N–H and O–H groups in total. The molecule has 0 aliphatic carbocycles. The van der Waals surface area contributed by atoms with Crippen molar-refractivity contribution >= 4 is 30.5 Å². The van der Waals surface area contributed by atoms with Crippen LogP contribution in [0.4, 0.5) is 0 Å². The molecular formula is C12H28S3. The second-order valence-corrected chi connectivity index (χ2v) is 13.6. The van der Waals surface area contributed by atoms with Gasteiger partial charge < -0.3 is 0 Å². The van der Waals surface area contributed by atoms with Crippen molar-refractivity contribution in [3.63, 3.8) is 0 Å². The van der Waals surface area contributed by atoms with Gasteiger partial charge in [-0.1, -0.05) is 47.5 Å². The van der Waals surface area contributed by atoms with Gasteiger partial charge in [-0.15, -0.1) is 30.5 Å². The molecule has 0 aliphatic heterocycles. The van der Waals surface area contributed by atoms with E-state index in [0.29, 0.717) is 4.75 Å². The molecule has 0 spiro atoms. The number of thiol groups is 1. The minimum atomic E-state index is -0.778. The van der Waals surface area contributed by atoms with Crippen LogP contribution in [0.2, 0.25) is 0 Å². The SMILES string of the molecule is CCCCSS(S)(CCCC)C(C)(C)C. The maximum atomic E-state index is 5.05. The van der Waals surface area contributed by atoms with E-state index >= 15 is 0 Å². The summed E-state index contributed by atoms with van der Waals surface area (Å²) in [7, 11) is 1.36. The highest BCUT2D eigenvalue weighted by Gasteiger charge is 2.33. The van der Waals surface area contributed by atoms with Crippen LogP contribution in [-0.2, 0) is 0 Å². The van der Waals surface area contributed by atoms with Crippen molar-refractivity contribution in [2.75, 3.05) is 11.5 Å². The van der Waals surface area contributed by atoms with Crippen molar-refractivity contribution in [1.29, 1.82) is 0 Å². The quantitative estimate of drug-likeness (QED) is 0.352. The summed E-state index contributed by atoms with van der Waals surface area (Å²) in [4.78, 5) is 0. The van der Waals surface area contributed by atoms with E-state index in [0.717, 1.165) is 0 Å². The van der Waals surface area contributed by atoms with E-state index in [9.17, 15) is 0 Å². The lowest BCUT2D eigenvalue weighted by molar-refractivity contribution is 0.789. The van der Waals surface area contributed by atoms with Crippen molar-refractivity contribution < 1.29 is 0 Å². The Bertz CT molecular complexity index is 163. The Morgan fingerprint density at radius 1 is 1.07 bits per heavy atom. The number of unbranched alkanes of at least 4 members (excludes halogenated alkanes) is 2. The van der Waals surface area contributed by atoms with Crippen LogP contribution in [0.15, 0.2) is 0 Å². The molecule has 0 aromatic heterocycles. The van der Waals surface area contributed by atoms with Crippen LogP contribution in [0.3, 0.4) is 0 Å². The van der Waals surface area contributed by atoms with Crippen molar-refractivity contribution in [3.8, 4) is 0 Å². The van der Waals surface area contributed by atoms with Crippen LogP contribution < -0.4 is 0 Å². The first kappa shape index (κ1) is 16.1. The molecule has 0 aromatic rings. The summed E-state index contributed by atoms with van der Waals surface area (Å²) in [6.07, 6.45) is 5.26. The topological polar surface area (TPSA) is 0 Å². The largest absolute Gasteiger partial charge is 0.142 e. The number of hydrogen-bond acceptors (Lipinski definition) is 2. The summed E-state index contributed by atoms with van der Waals surface area (Å²) >= 11 is 5.05. The Kier molecular flexibility index (Phi) is 7.91. The normalized spacial score (nSPS) is 18.5. The van der Waals surface area contributed by atoms with Gasteiger partial charge in [0.05, 0.1) is 0 Å². The fraction of sp³-hybridized carbons (Fsp3) is 1.00. The zero-order valence-electron chi connectivity index (χ0n) is 11.0. The molecule has 0 rings (SSSR count). The van der Waals surface area contributed by atoms with E-state index in [-0.39, 0.29) is 0 Å². The average molecular weight is 269 g/mol. The lowest BCUT2D eigenvalue weighted by atomic mass is 10.3. The highest BCUT2D eigenvalue weighted by atomic mass is 33.5. The molecule has 1 unspecified atom stereocenters. The summed E-state index contributed by atoms with van der Waals surface area (Å²) in [5.74, 6) is 2.60. The highest BCUT2D eigenvalue weighted by molar-refractivity contribution is 9.22. The van der Waals surface area contributed by atoms with Gasteiger partial charge in [-0.25, -0.2) is 0 Å². The van der Waals surface area contributed by atoms with Gasteiger partial charge in [0.1, 0.15) is 0 Å². The second-order valence-electron chi connectivity index (χ2n) is 4.99. The van der Waals surface area contributed by atoms with E-state index in [2.05, 4.69) is 45.4 Å². The third-order valence-corrected chi connectivity index (χ3v) is 12.9. The van der Waals surface area contributed by atoms with Crippen molar-refractivity contribution in [3.05, 3.63) is 0 Å². The molecule has 3 heteroatoms. The lowest BCUT2D eigenvalue weighted by Crippen LogP contribution is -2.21. The Labute approximate surface area is 107 Å². The molecule has 0 amide bonds. The van der Waals surface area contributed by atoms with Crippen LogP contribution in [-0.4, -0.2) is 16.3 Å². The highest BCUT2D eigenvalue weighted by Crippen LogP contribution is 2.72. The predicted molar refractivity (Wildman–Crippen MR) is 83.5 cm³/mol. The van der Waals surface area contributed by atoms with Crippen LogP contribution in [0.1, 0.15) is 60.3 Å². The molecule has 1 atom stereocenters. The van der Waals surface area contributed by atoms with Gasteiger partial charge in [0.25, 0.3) is 0 Å². The molecule has 15 heavy (non-hydrogen) atoms. The van der Waals surface area contributed by atoms with Gasteiger partial charge in [0.15, 0.2) is 0 Å². The molecule has 0 heterocycles. The predicted octanol–water partition coefficient (Wildman–Crippen LogP) is 5.68. The van der Waals surface area contributed by atoms with Crippen LogP contribution >= 0.6 is 30.5 Å². The van der Waals surface area contributed by atoms with Gasteiger partial charge in [-0.2, -0.15) is 0 Å². The molecule has 0 saturated heterocycles. The fourth-order valence-corrected chi connectivity index (χ4v) is 7.68. The van der Waals surface area contributed by atoms with Gasteiger partial charge >= 0.3 is 0 Å². The maximum Gasteiger partial charge on any atom is 0.00867 e. The molecule has 0 saturated carbocycles. The third kappa shape index (κ3) is 5.78. The fourth-order valence-electron chi connectivity index (χ4n) is 1.22. The first-order valence-corrected chi connectivity index (χ1v) is 10.4. The molecule has 0 radical (unpaired) electrons. The van der Waals surface area contributed by atoms with Gasteiger partial charge in [-0.3, -0.25) is 0 Å². The summed E-state index contributed by atoms with van der Waals surface area (Å²) in [6.45, 7) is 11.6. The Morgan fingerprint density at radius 3 is 2.00 bits per heavy atom. The van der Waals surface area contributed by atoms with E-state index in [1.807, 2.05) is 0 Å². The second kappa shape index (κ2) is 7.39. The van der Waals surface area contributed by atoms with Crippen molar-refractivity contribution in [2.24, 2.45) is 0 Å². The van der Waals surface area contributed by atoms with E-state index in [1.54, 1.807) is 0 Å². The summed E-state index contributed by atoms with van der Waals surface area (Å²) in [6, 6.07) is 0. The minimum Gasteiger partial charge on any atom is -0.142 e. The Hall–Kier alpha value is 1.05. The zero-order chi connectivity index (χ0) is 11.9. The standard InChI is InChI=1S/C12H28S3/c1-6-8-10-14-15(13,11-9-7-2)12(3,4)5/h13H,6-11H2,1-5H3.